The molecule has 0 heterocycles. The zero-order valence-corrected chi connectivity index (χ0v) is 12.5. The summed E-state index contributed by atoms with van der Waals surface area (Å²) in [5.41, 5.74) is 6.83. The SMILES string of the molecule is COc1cc([C@H](N)[C@H](O)C2CCCCC2)ccc1F.Cl. The molecule has 2 rings (SSSR count). The molecule has 0 amide bonds. The van der Waals surface area contributed by atoms with E-state index < -0.39 is 18.0 Å². The highest BCUT2D eigenvalue weighted by atomic mass is 35.5. The van der Waals surface area contributed by atoms with Crippen molar-refractivity contribution in [1.29, 1.82) is 0 Å². The Bertz CT molecular complexity index is 424. The fourth-order valence-electron chi connectivity index (χ4n) is 2.85. The van der Waals surface area contributed by atoms with Gasteiger partial charge in [0.1, 0.15) is 0 Å². The van der Waals surface area contributed by atoms with Gasteiger partial charge in [0.05, 0.1) is 19.3 Å². The molecule has 1 aliphatic rings. The summed E-state index contributed by atoms with van der Waals surface area (Å²) in [5.74, 6) is 0.00852. The third kappa shape index (κ3) is 3.84. The minimum atomic E-state index is -0.574. The van der Waals surface area contributed by atoms with Crippen LogP contribution in [0.4, 0.5) is 4.39 Å². The largest absolute Gasteiger partial charge is 0.494 e. The van der Waals surface area contributed by atoms with Crippen molar-refractivity contribution in [3.05, 3.63) is 29.6 Å². The minimum Gasteiger partial charge on any atom is -0.494 e. The van der Waals surface area contributed by atoms with Gasteiger partial charge in [0.15, 0.2) is 11.6 Å². The maximum absolute atomic E-state index is 13.4. The highest BCUT2D eigenvalue weighted by molar-refractivity contribution is 5.85. The Morgan fingerprint density at radius 2 is 1.95 bits per heavy atom. The molecule has 1 aromatic carbocycles. The van der Waals surface area contributed by atoms with Crippen LogP contribution in [0.3, 0.4) is 0 Å². The molecule has 0 aliphatic heterocycles. The number of benzene rings is 1. The topological polar surface area (TPSA) is 55.5 Å². The first kappa shape index (κ1) is 17.2. The van der Waals surface area contributed by atoms with Crippen molar-refractivity contribution >= 4 is 12.4 Å². The Morgan fingerprint density at radius 1 is 1.30 bits per heavy atom. The van der Waals surface area contributed by atoms with Gasteiger partial charge in [-0.3, -0.25) is 0 Å². The summed E-state index contributed by atoms with van der Waals surface area (Å²) in [6.45, 7) is 0. The first-order valence-electron chi connectivity index (χ1n) is 6.90. The van der Waals surface area contributed by atoms with Crippen molar-refractivity contribution in [1.82, 2.24) is 0 Å². The van der Waals surface area contributed by atoms with E-state index in [1.807, 2.05) is 0 Å². The number of hydrogen-bond donors (Lipinski definition) is 2. The van der Waals surface area contributed by atoms with Crippen molar-refractivity contribution in [2.45, 2.75) is 44.2 Å². The van der Waals surface area contributed by atoms with Crippen LogP contribution in [0.2, 0.25) is 0 Å². The van der Waals surface area contributed by atoms with Crippen LogP contribution in [-0.2, 0) is 0 Å². The Morgan fingerprint density at radius 3 is 2.55 bits per heavy atom. The molecular formula is C15H23ClFNO2. The fourth-order valence-corrected chi connectivity index (χ4v) is 2.85. The lowest BCUT2D eigenvalue weighted by atomic mass is 9.81. The van der Waals surface area contributed by atoms with E-state index in [9.17, 15) is 9.50 Å². The summed E-state index contributed by atoms with van der Waals surface area (Å²) >= 11 is 0. The molecule has 20 heavy (non-hydrogen) atoms. The number of aliphatic hydroxyl groups is 1. The molecule has 0 spiro atoms. The number of aliphatic hydroxyl groups excluding tert-OH is 1. The number of halogens is 2. The molecule has 0 bridgehead atoms. The third-order valence-corrected chi connectivity index (χ3v) is 4.06. The van der Waals surface area contributed by atoms with Gasteiger partial charge in [-0.05, 0) is 36.5 Å². The zero-order chi connectivity index (χ0) is 13.8. The van der Waals surface area contributed by atoms with Crippen molar-refractivity contribution in [2.75, 3.05) is 7.11 Å². The molecule has 0 aromatic heterocycles. The van der Waals surface area contributed by atoms with Crippen molar-refractivity contribution in [3.8, 4) is 5.75 Å². The molecule has 2 atom stereocenters. The standard InChI is InChI=1S/C15H22FNO2.ClH/c1-19-13-9-11(7-8-12(13)16)14(17)15(18)10-5-3-2-4-6-10;/h7-10,14-15,18H,2-6,17H2,1H3;1H/t14-,15+;/m0./s1. The van der Waals surface area contributed by atoms with Crippen LogP contribution in [0.25, 0.3) is 0 Å². The van der Waals surface area contributed by atoms with Crippen LogP contribution in [0.1, 0.15) is 43.7 Å². The average Bonchev–Trinajstić information content (AvgIpc) is 2.47. The van der Waals surface area contributed by atoms with Gasteiger partial charge >= 0.3 is 0 Å². The van der Waals surface area contributed by atoms with Crippen LogP contribution in [-0.4, -0.2) is 18.3 Å². The van der Waals surface area contributed by atoms with Gasteiger partial charge in [-0.2, -0.15) is 0 Å². The van der Waals surface area contributed by atoms with E-state index in [-0.39, 0.29) is 24.1 Å². The van der Waals surface area contributed by atoms with E-state index in [2.05, 4.69) is 0 Å². The Labute approximate surface area is 125 Å². The lowest BCUT2D eigenvalue weighted by Crippen LogP contribution is -2.34. The molecule has 1 fully saturated rings. The number of rotatable bonds is 4. The van der Waals surface area contributed by atoms with Crippen LogP contribution in [0, 0.1) is 11.7 Å². The van der Waals surface area contributed by atoms with Gasteiger partial charge in [0.2, 0.25) is 0 Å². The quantitative estimate of drug-likeness (QED) is 0.898. The second-order valence-corrected chi connectivity index (χ2v) is 5.31. The van der Waals surface area contributed by atoms with Crippen molar-refractivity contribution in [2.24, 2.45) is 11.7 Å². The number of methoxy groups -OCH3 is 1. The molecule has 0 unspecified atom stereocenters. The number of nitrogens with two attached hydrogens (primary N) is 1. The highest BCUT2D eigenvalue weighted by Gasteiger charge is 2.28. The summed E-state index contributed by atoms with van der Waals surface area (Å²) in [5, 5.41) is 10.4. The predicted octanol–water partition coefficient (Wildman–Crippen LogP) is 3.20. The first-order valence-corrected chi connectivity index (χ1v) is 6.90. The lowest BCUT2D eigenvalue weighted by molar-refractivity contribution is 0.0617. The summed E-state index contributed by atoms with van der Waals surface area (Å²) in [7, 11) is 1.42. The van der Waals surface area contributed by atoms with E-state index in [4.69, 9.17) is 10.5 Å². The molecule has 1 aromatic rings. The molecule has 114 valence electrons. The molecule has 0 saturated heterocycles. The summed E-state index contributed by atoms with van der Waals surface area (Å²) in [6.07, 6.45) is 5.02. The second kappa shape index (κ2) is 7.81. The summed E-state index contributed by atoms with van der Waals surface area (Å²) in [6, 6.07) is 4.04. The minimum absolute atomic E-state index is 0. The number of ether oxygens (including phenoxy) is 1. The second-order valence-electron chi connectivity index (χ2n) is 5.31. The summed E-state index contributed by atoms with van der Waals surface area (Å²) in [4.78, 5) is 0. The predicted molar refractivity (Wildman–Crippen MR) is 79.7 cm³/mol. The Kier molecular flexibility index (Phi) is 6.72. The third-order valence-electron chi connectivity index (χ3n) is 4.06. The maximum Gasteiger partial charge on any atom is 0.165 e. The fraction of sp³-hybridized carbons (Fsp3) is 0.600. The van der Waals surface area contributed by atoms with Crippen LogP contribution in [0.5, 0.6) is 5.75 Å². The first-order chi connectivity index (χ1) is 9.13. The van der Waals surface area contributed by atoms with Crippen LogP contribution < -0.4 is 10.5 Å². The van der Waals surface area contributed by atoms with E-state index in [1.54, 1.807) is 12.1 Å². The molecule has 1 saturated carbocycles. The van der Waals surface area contributed by atoms with Crippen molar-refractivity contribution < 1.29 is 14.2 Å². The Hall–Kier alpha value is -0.840. The Balaban J connectivity index is 0.00000200. The highest BCUT2D eigenvalue weighted by Crippen LogP contribution is 2.32. The van der Waals surface area contributed by atoms with Gasteiger partial charge in [-0.15, -0.1) is 12.4 Å². The van der Waals surface area contributed by atoms with Gasteiger partial charge in [-0.25, -0.2) is 4.39 Å². The zero-order valence-electron chi connectivity index (χ0n) is 11.7. The van der Waals surface area contributed by atoms with Gasteiger partial charge in [0, 0.05) is 0 Å². The van der Waals surface area contributed by atoms with E-state index in [0.29, 0.717) is 0 Å². The van der Waals surface area contributed by atoms with Crippen molar-refractivity contribution in [3.63, 3.8) is 0 Å². The van der Waals surface area contributed by atoms with Gasteiger partial charge in [-0.1, -0.05) is 25.3 Å². The molecule has 3 N–H and O–H groups in total. The maximum atomic E-state index is 13.4. The molecule has 3 nitrogen and oxygen atoms in total. The molecule has 0 radical (unpaired) electrons. The van der Waals surface area contributed by atoms with Gasteiger partial charge < -0.3 is 15.6 Å². The average molecular weight is 304 g/mol. The smallest absolute Gasteiger partial charge is 0.165 e. The van der Waals surface area contributed by atoms with Gasteiger partial charge in [0.25, 0.3) is 0 Å². The van der Waals surface area contributed by atoms with E-state index >= 15 is 0 Å². The molecular weight excluding hydrogens is 281 g/mol. The number of hydrogen-bond acceptors (Lipinski definition) is 3. The molecule has 1 aliphatic carbocycles. The summed E-state index contributed by atoms with van der Waals surface area (Å²) < 4.78 is 18.3. The van der Waals surface area contributed by atoms with E-state index in [1.165, 1.54) is 19.6 Å². The molecule has 5 heteroatoms. The lowest BCUT2D eigenvalue weighted by Gasteiger charge is -2.30. The van der Waals surface area contributed by atoms with Crippen LogP contribution in [0.15, 0.2) is 18.2 Å². The van der Waals surface area contributed by atoms with E-state index in [0.717, 1.165) is 31.2 Å². The normalized spacial score (nSPS) is 19.0. The van der Waals surface area contributed by atoms with Crippen LogP contribution >= 0.6 is 12.4 Å². The monoisotopic (exact) mass is 303 g/mol.